The summed E-state index contributed by atoms with van der Waals surface area (Å²) in [4.78, 5) is 51.8. The third-order valence-electron chi connectivity index (χ3n) is 7.00. The molecule has 1 aromatic carbocycles. The Kier molecular flexibility index (Phi) is 10.1. The Morgan fingerprint density at radius 1 is 1.05 bits per heavy atom. The van der Waals surface area contributed by atoms with E-state index < -0.39 is 24.3 Å². The van der Waals surface area contributed by atoms with Gasteiger partial charge >= 0.3 is 12.1 Å². The largest absolute Gasteiger partial charge is 0.465 e. The van der Waals surface area contributed by atoms with Crippen LogP contribution in [0.3, 0.4) is 0 Å². The summed E-state index contributed by atoms with van der Waals surface area (Å²) in [5.74, 6) is -1.61. The zero-order valence-electron chi connectivity index (χ0n) is 21.7. The van der Waals surface area contributed by atoms with Gasteiger partial charge in [-0.1, -0.05) is 36.3 Å². The number of benzene rings is 1. The van der Waals surface area contributed by atoms with E-state index in [0.717, 1.165) is 0 Å². The predicted molar refractivity (Wildman–Crippen MR) is 136 cm³/mol. The van der Waals surface area contributed by atoms with Crippen molar-refractivity contribution in [2.45, 2.75) is 58.3 Å². The fraction of sp³-hybridized carbons (Fsp3) is 0.577. The minimum absolute atomic E-state index is 0.0501. The van der Waals surface area contributed by atoms with E-state index in [2.05, 4.69) is 5.16 Å². The lowest BCUT2D eigenvalue weighted by molar-refractivity contribution is -0.211. The van der Waals surface area contributed by atoms with Crippen molar-refractivity contribution in [2.24, 2.45) is 22.7 Å². The maximum absolute atomic E-state index is 13.0. The molecule has 4 N–H and O–H groups in total. The summed E-state index contributed by atoms with van der Waals surface area (Å²) in [5, 5.41) is 21.0. The number of hydrogen-bond donors (Lipinski definition) is 3. The van der Waals surface area contributed by atoms with Crippen molar-refractivity contribution in [3.63, 3.8) is 0 Å². The molecule has 3 atom stereocenters. The summed E-state index contributed by atoms with van der Waals surface area (Å²) in [5.41, 5.74) is 6.47. The minimum atomic E-state index is -1.01. The lowest BCUT2D eigenvalue weighted by Gasteiger charge is -2.38. The van der Waals surface area contributed by atoms with Crippen molar-refractivity contribution in [3.05, 3.63) is 35.4 Å². The molecule has 0 bridgehead atoms. The number of hydrogen-bond acceptors (Lipinski definition) is 8. The summed E-state index contributed by atoms with van der Waals surface area (Å²) in [7, 11) is 0. The Bertz CT molecular complexity index is 1040. The Labute approximate surface area is 221 Å². The van der Waals surface area contributed by atoms with E-state index in [9.17, 15) is 24.3 Å². The van der Waals surface area contributed by atoms with Crippen molar-refractivity contribution < 1.29 is 39.0 Å². The number of carbonyl (C=O) groups excluding carboxylic acids is 3. The first-order valence-corrected chi connectivity index (χ1v) is 12.8. The van der Waals surface area contributed by atoms with Gasteiger partial charge in [0.05, 0.1) is 6.10 Å². The molecule has 0 spiro atoms. The van der Waals surface area contributed by atoms with Gasteiger partial charge < -0.3 is 35.3 Å². The number of carbonyl (C=O) groups is 4. The monoisotopic (exact) mass is 532 g/mol. The lowest BCUT2D eigenvalue weighted by atomic mass is 9.96. The Morgan fingerprint density at radius 3 is 2.26 bits per heavy atom. The van der Waals surface area contributed by atoms with Gasteiger partial charge in [0.15, 0.2) is 11.6 Å². The van der Waals surface area contributed by atoms with Crippen molar-refractivity contribution in [2.75, 3.05) is 26.2 Å². The zero-order chi connectivity index (χ0) is 27.8. The van der Waals surface area contributed by atoms with E-state index in [1.165, 1.54) is 11.8 Å². The molecule has 2 aliphatic heterocycles. The average molecular weight is 533 g/mol. The summed E-state index contributed by atoms with van der Waals surface area (Å²) in [6, 6.07) is 6.32. The number of oxime groups is 1. The van der Waals surface area contributed by atoms with Gasteiger partial charge in [-0.25, -0.2) is 4.79 Å². The lowest BCUT2D eigenvalue weighted by Crippen LogP contribution is -2.48. The van der Waals surface area contributed by atoms with Gasteiger partial charge in [-0.2, -0.15) is 0 Å². The minimum Gasteiger partial charge on any atom is -0.465 e. The number of likely N-dealkylation sites (tertiary alicyclic amines) is 2. The molecule has 2 aliphatic rings. The van der Waals surface area contributed by atoms with E-state index in [1.807, 2.05) is 0 Å². The maximum Gasteiger partial charge on any atom is 0.407 e. The molecule has 0 aromatic heterocycles. The summed E-state index contributed by atoms with van der Waals surface area (Å²) >= 11 is 0. The van der Waals surface area contributed by atoms with Crippen molar-refractivity contribution in [1.29, 1.82) is 0 Å². The molecular formula is C26H36N4O8. The molecule has 0 saturated carbocycles. The molecule has 2 amide bonds. The fourth-order valence-corrected chi connectivity index (χ4v) is 4.89. The standard InChI is InChI=1S/C26H36N4O8/c1-16(14-22(32)18-5-7-19(8-6-18)23(27)28-36)24(33)29-12-9-21(10-13-29)38-25(37-17(2)31)20-4-3-11-30(15-20)26(34)35/h5-8,16,20-21,25,36H,3-4,9-15H2,1-2H3,(H2,27,28)(H,34,35)/t16-,20?,25?/m1/s1. The molecule has 3 rings (SSSR count). The molecule has 0 aliphatic carbocycles. The van der Waals surface area contributed by atoms with Crippen LogP contribution in [-0.2, 0) is 19.1 Å². The van der Waals surface area contributed by atoms with Gasteiger partial charge in [-0.15, -0.1) is 0 Å². The maximum atomic E-state index is 13.0. The van der Waals surface area contributed by atoms with Crippen LogP contribution in [0.5, 0.6) is 0 Å². The highest BCUT2D eigenvalue weighted by atomic mass is 16.7. The topological polar surface area (TPSA) is 172 Å². The summed E-state index contributed by atoms with van der Waals surface area (Å²) in [6.45, 7) is 4.58. The van der Waals surface area contributed by atoms with Crippen LogP contribution in [0, 0.1) is 11.8 Å². The number of esters is 1. The fourth-order valence-electron chi connectivity index (χ4n) is 4.89. The van der Waals surface area contributed by atoms with Crippen LogP contribution in [0.4, 0.5) is 4.79 Å². The molecule has 38 heavy (non-hydrogen) atoms. The predicted octanol–water partition coefficient (Wildman–Crippen LogP) is 2.28. The Morgan fingerprint density at radius 2 is 1.68 bits per heavy atom. The van der Waals surface area contributed by atoms with Gasteiger partial charge in [0, 0.05) is 62.5 Å². The first-order chi connectivity index (χ1) is 18.1. The smallest absolute Gasteiger partial charge is 0.407 e. The van der Waals surface area contributed by atoms with Crippen LogP contribution in [0.15, 0.2) is 29.4 Å². The Hall–Kier alpha value is -3.67. The molecule has 12 heteroatoms. The number of Topliss-reactive ketones (excluding diaryl/α,β-unsaturated/α-hetero) is 1. The molecular weight excluding hydrogens is 496 g/mol. The van der Waals surface area contributed by atoms with Crippen LogP contribution in [0.2, 0.25) is 0 Å². The van der Waals surface area contributed by atoms with Crippen LogP contribution in [0.25, 0.3) is 0 Å². The van der Waals surface area contributed by atoms with Gasteiger partial charge in [0.2, 0.25) is 12.2 Å². The number of nitrogens with zero attached hydrogens (tertiary/aromatic N) is 3. The number of piperidine rings is 2. The number of amidine groups is 1. The molecule has 12 nitrogen and oxygen atoms in total. The third kappa shape index (κ3) is 7.67. The highest BCUT2D eigenvalue weighted by Gasteiger charge is 2.35. The van der Waals surface area contributed by atoms with E-state index in [-0.39, 0.29) is 42.5 Å². The van der Waals surface area contributed by atoms with E-state index in [4.69, 9.17) is 20.4 Å². The molecule has 208 valence electrons. The van der Waals surface area contributed by atoms with Crippen molar-refractivity contribution >= 4 is 29.6 Å². The average Bonchev–Trinajstić information content (AvgIpc) is 2.92. The molecule has 2 fully saturated rings. The highest BCUT2D eigenvalue weighted by molar-refractivity contribution is 6.01. The van der Waals surface area contributed by atoms with Crippen molar-refractivity contribution in [1.82, 2.24) is 9.80 Å². The number of rotatable bonds is 9. The second-order valence-corrected chi connectivity index (χ2v) is 9.86. The molecule has 2 saturated heterocycles. The number of nitrogens with two attached hydrogens (primary N) is 1. The molecule has 1 aromatic rings. The van der Waals surface area contributed by atoms with Gasteiger partial charge in [0.1, 0.15) is 0 Å². The number of carboxylic acid groups (broad SMARTS) is 1. The first-order valence-electron chi connectivity index (χ1n) is 12.8. The molecule has 2 heterocycles. The number of ether oxygens (including phenoxy) is 2. The Balaban J connectivity index is 1.51. The first kappa shape index (κ1) is 28.9. The second kappa shape index (κ2) is 13.2. The quantitative estimate of drug-likeness (QED) is 0.0820. The summed E-state index contributed by atoms with van der Waals surface area (Å²) in [6.07, 6.45) is 0.385. The number of amides is 2. The van der Waals surface area contributed by atoms with E-state index in [1.54, 1.807) is 36.1 Å². The van der Waals surface area contributed by atoms with Crippen molar-refractivity contribution in [3.8, 4) is 0 Å². The number of ketones is 1. The molecule has 0 radical (unpaired) electrons. The van der Waals surface area contributed by atoms with Gasteiger partial charge in [0.25, 0.3) is 0 Å². The van der Waals surface area contributed by atoms with Crippen LogP contribution >= 0.6 is 0 Å². The highest BCUT2D eigenvalue weighted by Crippen LogP contribution is 2.27. The normalized spacial score (nSPS) is 20.5. The zero-order valence-corrected chi connectivity index (χ0v) is 21.7. The van der Waals surface area contributed by atoms with Crippen LogP contribution < -0.4 is 5.73 Å². The summed E-state index contributed by atoms with van der Waals surface area (Å²) < 4.78 is 11.5. The SMILES string of the molecule is CC(=O)OC(OC1CCN(C(=O)[C@H](C)CC(=O)c2ccc(/C(N)=N\O)cc2)CC1)C1CCCN(C(=O)O)C1. The van der Waals surface area contributed by atoms with Crippen LogP contribution in [0.1, 0.15) is 61.9 Å². The van der Waals surface area contributed by atoms with E-state index >= 15 is 0 Å². The van der Waals surface area contributed by atoms with Crippen LogP contribution in [-0.4, -0.2) is 88.3 Å². The van der Waals surface area contributed by atoms with Gasteiger partial charge in [-0.3, -0.25) is 14.4 Å². The second-order valence-electron chi connectivity index (χ2n) is 9.86. The third-order valence-corrected chi connectivity index (χ3v) is 7.00. The van der Waals surface area contributed by atoms with Gasteiger partial charge in [-0.05, 0) is 25.7 Å². The molecule has 2 unspecified atom stereocenters. The van der Waals surface area contributed by atoms with E-state index in [0.29, 0.717) is 56.4 Å².